The third kappa shape index (κ3) is 2.77. The normalized spacial score (nSPS) is 24.7. The Hall–Kier alpha value is -1.18. The van der Waals surface area contributed by atoms with Gasteiger partial charge in [0, 0.05) is 28.3 Å². The molecule has 1 heterocycles. The Bertz CT molecular complexity index is 590. The molecule has 0 bridgehead atoms. The molecule has 2 unspecified atom stereocenters. The number of halogens is 1. The quantitative estimate of drug-likeness (QED) is 0.433. The zero-order chi connectivity index (χ0) is 15.0. The van der Waals surface area contributed by atoms with E-state index in [-0.39, 0.29) is 11.6 Å². The number of carbonyl (C=O) groups is 1. The number of nitro benzene ring substituents is 1. The summed E-state index contributed by atoms with van der Waals surface area (Å²) in [5.74, 6) is 0.582. The molecule has 2 aliphatic rings. The monoisotopic (exact) mass is 400 g/mol. The van der Waals surface area contributed by atoms with Crippen LogP contribution in [0.1, 0.15) is 42.5 Å². The van der Waals surface area contributed by atoms with E-state index in [0.29, 0.717) is 17.5 Å². The largest absolute Gasteiger partial charge is 0.335 e. The van der Waals surface area contributed by atoms with E-state index >= 15 is 0 Å². The lowest BCUT2D eigenvalue weighted by Crippen LogP contribution is -2.46. The van der Waals surface area contributed by atoms with Crippen molar-refractivity contribution in [1.82, 2.24) is 4.90 Å². The van der Waals surface area contributed by atoms with Crippen molar-refractivity contribution < 1.29 is 9.72 Å². The lowest BCUT2D eigenvalue weighted by atomic mass is 9.91. The first kappa shape index (κ1) is 14.7. The van der Waals surface area contributed by atoms with Gasteiger partial charge in [0.1, 0.15) is 0 Å². The summed E-state index contributed by atoms with van der Waals surface area (Å²) in [4.78, 5) is 25.3. The lowest BCUT2D eigenvalue weighted by molar-refractivity contribution is -0.384. The Labute approximate surface area is 137 Å². The summed E-state index contributed by atoms with van der Waals surface area (Å²) in [5, 5.41) is 10.9. The molecule has 2 fully saturated rings. The molecule has 3 rings (SSSR count). The Morgan fingerprint density at radius 2 is 2.05 bits per heavy atom. The van der Waals surface area contributed by atoms with Crippen LogP contribution >= 0.6 is 22.6 Å². The van der Waals surface area contributed by atoms with E-state index in [1.54, 1.807) is 6.07 Å². The second kappa shape index (κ2) is 5.90. The molecule has 0 N–H and O–H groups in total. The zero-order valence-corrected chi connectivity index (χ0v) is 13.8. The SMILES string of the molecule is O=C(c1cc([N+](=O)[O-])ccc1I)N1CCCC2CCCC21. The molecule has 0 radical (unpaired) electrons. The number of hydrogen-bond acceptors (Lipinski definition) is 3. The molecule has 1 saturated carbocycles. The fourth-order valence-corrected chi connectivity index (χ4v) is 4.22. The number of rotatable bonds is 2. The first-order valence-electron chi connectivity index (χ1n) is 7.33. The van der Waals surface area contributed by atoms with Gasteiger partial charge in [-0.3, -0.25) is 14.9 Å². The highest BCUT2D eigenvalue weighted by Gasteiger charge is 2.38. The molecule has 1 saturated heterocycles. The summed E-state index contributed by atoms with van der Waals surface area (Å²) in [5.41, 5.74) is 0.455. The number of non-ortho nitro benzene ring substituents is 1. The standard InChI is InChI=1S/C15H17IN2O3/c16-13-7-6-11(18(20)21)9-12(13)15(19)17-8-2-4-10-3-1-5-14(10)17/h6-7,9-10,14H,1-5,8H2. The van der Waals surface area contributed by atoms with Crippen LogP contribution in [0.15, 0.2) is 18.2 Å². The van der Waals surface area contributed by atoms with Crippen LogP contribution in [-0.4, -0.2) is 28.3 Å². The minimum absolute atomic E-state index is 0.0150. The molecule has 1 aromatic rings. The number of benzene rings is 1. The lowest BCUT2D eigenvalue weighted by Gasteiger charge is -2.38. The van der Waals surface area contributed by atoms with Crippen molar-refractivity contribution in [2.24, 2.45) is 5.92 Å². The minimum Gasteiger partial charge on any atom is -0.335 e. The van der Waals surface area contributed by atoms with Crippen molar-refractivity contribution in [2.75, 3.05) is 6.54 Å². The fourth-order valence-electron chi connectivity index (χ4n) is 3.65. The number of hydrogen-bond donors (Lipinski definition) is 0. The van der Waals surface area contributed by atoms with Crippen LogP contribution in [0.3, 0.4) is 0 Å². The number of carbonyl (C=O) groups excluding carboxylic acids is 1. The number of fused-ring (bicyclic) bond motifs is 1. The van der Waals surface area contributed by atoms with Gasteiger partial charge >= 0.3 is 0 Å². The molecular formula is C15H17IN2O3. The second-order valence-corrected chi connectivity index (χ2v) is 6.98. The molecule has 6 heteroatoms. The van der Waals surface area contributed by atoms with Crippen molar-refractivity contribution in [1.29, 1.82) is 0 Å². The second-order valence-electron chi connectivity index (χ2n) is 5.82. The van der Waals surface area contributed by atoms with Gasteiger partial charge in [0.2, 0.25) is 0 Å². The maximum Gasteiger partial charge on any atom is 0.270 e. The van der Waals surface area contributed by atoms with Gasteiger partial charge in [-0.05, 0) is 60.3 Å². The zero-order valence-electron chi connectivity index (χ0n) is 11.6. The van der Waals surface area contributed by atoms with E-state index in [2.05, 4.69) is 22.6 Å². The maximum absolute atomic E-state index is 12.8. The Kier molecular flexibility index (Phi) is 4.14. The molecule has 1 amide bonds. The van der Waals surface area contributed by atoms with Crippen molar-refractivity contribution in [2.45, 2.75) is 38.1 Å². The number of piperidine rings is 1. The van der Waals surface area contributed by atoms with Crippen LogP contribution in [0.5, 0.6) is 0 Å². The summed E-state index contributed by atoms with van der Waals surface area (Å²) in [6.07, 6.45) is 5.71. The summed E-state index contributed by atoms with van der Waals surface area (Å²) in [6, 6.07) is 4.86. The molecule has 1 aromatic carbocycles. The van der Waals surface area contributed by atoms with Crippen LogP contribution in [0, 0.1) is 19.6 Å². The predicted molar refractivity (Wildman–Crippen MR) is 87.2 cm³/mol. The van der Waals surface area contributed by atoms with Crippen LogP contribution in [0.2, 0.25) is 0 Å². The first-order valence-corrected chi connectivity index (χ1v) is 8.40. The highest BCUT2D eigenvalue weighted by atomic mass is 127. The molecule has 2 atom stereocenters. The molecule has 5 nitrogen and oxygen atoms in total. The summed E-state index contributed by atoms with van der Waals surface area (Å²) in [7, 11) is 0. The third-order valence-corrected chi connectivity index (χ3v) is 5.59. The van der Waals surface area contributed by atoms with Crippen LogP contribution in [0.25, 0.3) is 0 Å². The van der Waals surface area contributed by atoms with Gasteiger partial charge in [0.25, 0.3) is 11.6 Å². The summed E-state index contributed by atoms with van der Waals surface area (Å²) < 4.78 is 0.781. The Morgan fingerprint density at radius 1 is 1.29 bits per heavy atom. The van der Waals surface area contributed by atoms with Gasteiger partial charge < -0.3 is 4.90 Å². The van der Waals surface area contributed by atoms with Gasteiger partial charge in [-0.15, -0.1) is 0 Å². The molecule has 0 aromatic heterocycles. The summed E-state index contributed by atoms with van der Waals surface area (Å²) in [6.45, 7) is 0.777. The smallest absolute Gasteiger partial charge is 0.270 e. The molecular weight excluding hydrogens is 383 g/mol. The van der Waals surface area contributed by atoms with Crippen molar-refractivity contribution in [3.05, 3.63) is 37.4 Å². The minimum atomic E-state index is -0.443. The molecule has 112 valence electrons. The van der Waals surface area contributed by atoms with Crippen LogP contribution < -0.4 is 0 Å². The number of nitrogens with zero attached hydrogens (tertiary/aromatic N) is 2. The van der Waals surface area contributed by atoms with E-state index in [9.17, 15) is 14.9 Å². The van der Waals surface area contributed by atoms with E-state index in [4.69, 9.17) is 0 Å². The predicted octanol–water partition coefficient (Wildman–Crippen LogP) is 3.60. The van der Waals surface area contributed by atoms with Crippen LogP contribution in [0.4, 0.5) is 5.69 Å². The van der Waals surface area contributed by atoms with E-state index < -0.39 is 4.92 Å². The topological polar surface area (TPSA) is 63.4 Å². The van der Waals surface area contributed by atoms with E-state index in [0.717, 1.165) is 23.0 Å². The average molecular weight is 400 g/mol. The summed E-state index contributed by atoms with van der Waals surface area (Å²) >= 11 is 2.08. The van der Waals surface area contributed by atoms with Crippen molar-refractivity contribution >= 4 is 34.2 Å². The van der Waals surface area contributed by atoms with Gasteiger partial charge in [0.05, 0.1) is 10.5 Å². The Balaban J connectivity index is 1.90. The van der Waals surface area contributed by atoms with Crippen molar-refractivity contribution in [3.8, 4) is 0 Å². The van der Waals surface area contributed by atoms with Crippen molar-refractivity contribution in [3.63, 3.8) is 0 Å². The van der Waals surface area contributed by atoms with Gasteiger partial charge in [-0.25, -0.2) is 0 Å². The van der Waals surface area contributed by atoms with Crippen LogP contribution in [-0.2, 0) is 0 Å². The molecule has 1 aliphatic carbocycles. The first-order chi connectivity index (χ1) is 10.1. The highest BCUT2D eigenvalue weighted by molar-refractivity contribution is 14.1. The Morgan fingerprint density at radius 3 is 2.81 bits per heavy atom. The molecule has 21 heavy (non-hydrogen) atoms. The fraction of sp³-hybridized carbons (Fsp3) is 0.533. The third-order valence-electron chi connectivity index (χ3n) is 4.65. The van der Waals surface area contributed by atoms with E-state index in [1.807, 2.05) is 4.90 Å². The van der Waals surface area contributed by atoms with Gasteiger partial charge in [-0.1, -0.05) is 6.42 Å². The molecule has 1 aliphatic heterocycles. The number of likely N-dealkylation sites (tertiary alicyclic amines) is 1. The van der Waals surface area contributed by atoms with E-state index in [1.165, 1.54) is 31.4 Å². The van der Waals surface area contributed by atoms with Gasteiger partial charge in [-0.2, -0.15) is 0 Å². The number of amides is 1. The number of nitro groups is 1. The highest BCUT2D eigenvalue weighted by Crippen LogP contribution is 2.37. The molecule has 0 spiro atoms. The average Bonchev–Trinajstić information content (AvgIpc) is 2.95. The maximum atomic E-state index is 12.8. The van der Waals surface area contributed by atoms with Gasteiger partial charge in [0.15, 0.2) is 0 Å².